The Bertz CT molecular complexity index is 941. The van der Waals surface area contributed by atoms with E-state index < -0.39 is 6.04 Å². The molecule has 0 saturated carbocycles. The van der Waals surface area contributed by atoms with Gasteiger partial charge < -0.3 is 10.2 Å². The number of anilines is 2. The highest BCUT2D eigenvalue weighted by atomic mass is 19.1. The van der Waals surface area contributed by atoms with Gasteiger partial charge in [-0.25, -0.2) is 4.39 Å². The maximum absolute atomic E-state index is 13.3. The number of halogens is 1. The van der Waals surface area contributed by atoms with E-state index in [1.54, 1.807) is 30.0 Å². The summed E-state index contributed by atoms with van der Waals surface area (Å²) in [5.74, 6) is 0.162. The molecule has 1 fully saturated rings. The number of fused-ring (bicyclic) bond motifs is 1. The number of hydrogen-bond donors (Lipinski definition) is 1. The number of amides is 1. The predicted octanol–water partition coefficient (Wildman–Crippen LogP) is 1.57. The molecule has 0 bridgehead atoms. The standard InChI is InChI=1S/C16H16FN7O/c1-10-9-11(17)4-5-13(10)23-8-2-3-12(16(23)25)18-14-6-7-15-19-21-22-24(15)20-14/h4-7,9,12H,2-3,8H2,1H3,(H,18,20)/t12-/m1/s1. The second-order valence-electron chi connectivity index (χ2n) is 6.00. The van der Waals surface area contributed by atoms with Crippen molar-refractivity contribution in [2.24, 2.45) is 0 Å². The molecule has 0 unspecified atom stereocenters. The van der Waals surface area contributed by atoms with Crippen LogP contribution < -0.4 is 10.2 Å². The van der Waals surface area contributed by atoms with Crippen molar-refractivity contribution in [3.63, 3.8) is 0 Å². The molecule has 3 heterocycles. The van der Waals surface area contributed by atoms with Crippen LogP contribution in [-0.2, 0) is 4.79 Å². The molecule has 1 atom stereocenters. The molecule has 4 rings (SSSR count). The Kier molecular flexibility index (Phi) is 3.75. The molecule has 1 aromatic carbocycles. The lowest BCUT2D eigenvalue weighted by Gasteiger charge is -2.33. The second-order valence-corrected chi connectivity index (χ2v) is 6.00. The lowest BCUT2D eigenvalue weighted by molar-refractivity contribution is -0.120. The summed E-state index contributed by atoms with van der Waals surface area (Å²) in [5.41, 5.74) is 2.01. The molecule has 128 valence electrons. The van der Waals surface area contributed by atoms with Crippen molar-refractivity contribution >= 4 is 23.1 Å². The topological polar surface area (TPSA) is 88.3 Å². The molecule has 3 aromatic rings. The monoisotopic (exact) mass is 341 g/mol. The van der Waals surface area contributed by atoms with Crippen LogP contribution in [-0.4, -0.2) is 43.7 Å². The first-order valence-electron chi connectivity index (χ1n) is 8.01. The number of piperidine rings is 1. The average molecular weight is 341 g/mol. The van der Waals surface area contributed by atoms with E-state index in [1.165, 1.54) is 16.8 Å². The minimum Gasteiger partial charge on any atom is -0.357 e. The molecule has 1 amide bonds. The number of hydrogen-bond acceptors (Lipinski definition) is 6. The Morgan fingerprint density at radius 2 is 2.16 bits per heavy atom. The number of nitrogens with zero attached hydrogens (tertiary/aromatic N) is 6. The number of tetrazole rings is 1. The summed E-state index contributed by atoms with van der Waals surface area (Å²) in [5, 5.41) is 18.5. The molecular weight excluding hydrogens is 325 g/mol. The fourth-order valence-corrected chi connectivity index (χ4v) is 3.08. The molecule has 1 N–H and O–H groups in total. The highest BCUT2D eigenvalue weighted by Crippen LogP contribution is 2.26. The van der Waals surface area contributed by atoms with E-state index >= 15 is 0 Å². The van der Waals surface area contributed by atoms with Gasteiger partial charge in [0.25, 0.3) is 0 Å². The van der Waals surface area contributed by atoms with Crippen LogP contribution in [0.1, 0.15) is 18.4 Å². The molecular formula is C16H16FN7O. The van der Waals surface area contributed by atoms with E-state index in [0.717, 1.165) is 17.7 Å². The van der Waals surface area contributed by atoms with Crippen LogP contribution in [0.25, 0.3) is 5.65 Å². The summed E-state index contributed by atoms with van der Waals surface area (Å²) in [6.45, 7) is 2.42. The second kappa shape index (κ2) is 6.08. The Balaban J connectivity index is 1.57. The molecule has 1 aliphatic rings. The number of nitrogens with one attached hydrogen (secondary N) is 1. The maximum Gasteiger partial charge on any atom is 0.249 e. The average Bonchev–Trinajstić information content (AvgIpc) is 3.05. The Morgan fingerprint density at radius 3 is 3.00 bits per heavy atom. The number of aromatic nitrogens is 5. The number of benzene rings is 1. The van der Waals surface area contributed by atoms with Crippen LogP contribution >= 0.6 is 0 Å². The molecule has 0 spiro atoms. The quantitative estimate of drug-likeness (QED) is 0.778. The summed E-state index contributed by atoms with van der Waals surface area (Å²) in [6, 6.07) is 7.52. The first-order valence-corrected chi connectivity index (χ1v) is 8.01. The predicted molar refractivity (Wildman–Crippen MR) is 88.7 cm³/mol. The van der Waals surface area contributed by atoms with Gasteiger partial charge in [0.1, 0.15) is 17.7 Å². The smallest absolute Gasteiger partial charge is 0.249 e. The van der Waals surface area contributed by atoms with Crippen LogP contribution in [0.5, 0.6) is 0 Å². The maximum atomic E-state index is 13.3. The van der Waals surface area contributed by atoms with Gasteiger partial charge in [-0.05, 0) is 66.1 Å². The molecule has 0 radical (unpaired) electrons. The van der Waals surface area contributed by atoms with Crippen molar-refractivity contribution in [2.75, 3.05) is 16.8 Å². The van der Waals surface area contributed by atoms with E-state index in [1.807, 2.05) is 0 Å². The van der Waals surface area contributed by atoms with Gasteiger partial charge in [-0.1, -0.05) is 0 Å². The largest absolute Gasteiger partial charge is 0.357 e. The normalized spacial score (nSPS) is 17.9. The third-order valence-corrected chi connectivity index (χ3v) is 4.28. The third kappa shape index (κ3) is 2.88. The van der Waals surface area contributed by atoms with Crippen molar-refractivity contribution in [1.29, 1.82) is 0 Å². The van der Waals surface area contributed by atoms with Crippen molar-refractivity contribution in [3.05, 3.63) is 41.7 Å². The van der Waals surface area contributed by atoms with Gasteiger partial charge in [-0.3, -0.25) is 4.79 Å². The Hall–Kier alpha value is -3.10. The number of carbonyl (C=O) groups excluding carboxylic acids is 1. The van der Waals surface area contributed by atoms with Crippen molar-refractivity contribution in [2.45, 2.75) is 25.8 Å². The highest BCUT2D eigenvalue weighted by Gasteiger charge is 2.30. The van der Waals surface area contributed by atoms with Gasteiger partial charge >= 0.3 is 0 Å². The fraction of sp³-hybridized carbons (Fsp3) is 0.312. The molecule has 2 aromatic heterocycles. The molecule has 1 saturated heterocycles. The highest BCUT2D eigenvalue weighted by molar-refractivity contribution is 5.99. The van der Waals surface area contributed by atoms with E-state index in [-0.39, 0.29) is 11.7 Å². The number of rotatable bonds is 3. The van der Waals surface area contributed by atoms with E-state index in [4.69, 9.17) is 0 Å². The van der Waals surface area contributed by atoms with Gasteiger partial charge in [0.15, 0.2) is 5.65 Å². The van der Waals surface area contributed by atoms with Gasteiger partial charge in [0.05, 0.1) is 0 Å². The molecule has 0 aliphatic carbocycles. The minimum atomic E-state index is -0.403. The van der Waals surface area contributed by atoms with Crippen molar-refractivity contribution < 1.29 is 9.18 Å². The fourth-order valence-electron chi connectivity index (χ4n) is 3.08. The zero-order valence-electron chi connectivity index (χ0n) is 13.6. The van der Waals surface area contributed by atoms with Crippen LogP contribution in [0.2, 0.25) is 0 Å². The molecule has 1 aliphatic heterocycles. The van der Waals surface area contributed by atoms with Gasteiger partial charge in [0.2, 0.25) is 5.91 Å². The third-order valence-electron chi connectivity index (χ3n) is 4.28. The zero-order valence-corrected chi connectivity index (χ0v) is 13.6. The summed E-state index contributed by atoms with van der Waals surface area (Å²) >= 11 is 0. The SMILES string of the molecule is Cc1cc(F)ccc1N1CCC[C@@H](Nc2ccc3nnnn3n2)C1=O. The van der Waals surface area contributed by atoms with E-state index in [9.17, 15) is 9.18 Å². The summed E-state index contributed by atoms with van der Waals surface area (Å²) < 4.78 is 14.6. The van der Waals surface area contributed by atoms with Crippen molar-refractivity contribution in [3.8, 4) is 0 Å². The van der Waals surface area contributed by atoms with E-state index in [0.29, 0.717) is 24.4 Å². The molecule has 9 heteroatoms. The molecule has 25 heavy (non-hydrogen) atoms. The zero-order chi connectivity index (χ0) is 17.4. The lowest BCUT2D eigenvalue weighted by Crippen LogP contribution is -2.48. The first-order chi connectivity index (χ1) is 12.1. The van der Waals surface area contributed by atoms with Crippen LogP contribution in [0.3, 0.4) is 0 Å². The van der Waals surface area contributed by atoms with Gasteiger partial charge in [-0.15, -0.1) is 14.8 Å². The summed E-state index contributed by atoms with van der Waals surface area (Å²) in [4.78, 5) is 14.6. The number of carbonyl (C=O) groups is 1. The Labute approximate surface area is 142 Å². The molecule has 8 nitrogen and oxygen atoms in total. The lowest BCUT2D eigenvalue weighted by atomic mass is 10.0. The summed E-state index contributed by atoms with van der Waals surface area (Å²) in [6.07, 6.45) is 1.54. The van der Waals surface area contributed by atoms with Crippen molar-refractivity contribution in [1.82, 2.24) is 25.3 Å². The number of aryl methyl sites for hydroxylation is 1. The van der Waals surface area contributed by atoms with Crippen LogP contribution in [0, 0.1) is 12.7 Å². The van der Waals surface area contributed by atoms with Gasteiger partial charge in [-0.2, -0.15) is 0 Å². The minimum absolute atomic E-state index is 0.0560. The van der Waals surface area contributed by atoms with Crippen LogP contribution in [0.4, 0.5) is 15.9 Å². The first kappa shape index (κ1) is 15.4. The van der Waals surface area contributed by atoms with Crippen LogP contribution in [0.15, 0.2) is 30.3 Å². The van der Waals surface area contributed by atoms with Gasteiger partial charge in [0, 0.05) is 12.2 Å². The Morgan fingerprint density at radius 1 is 1.28 bits per heavy atom. The summed E-state index contributed by atoms with van der Waals surface area (Å²) in [7, 11) is 0. The van der Waals surface area contributed by atoms with E-state index in [2.05, 4.69) is 25.9 Å².